The number of amides is 1. The summed E-state index contributed by atoms with van der Waals surface area (Å²) in [6.07, 6.45) is 45.4. The standard InChI is InChI=1S/C44H89N2O6P/c1-3-5-7-9-11-13-15-17-19-20-21-22-24-26-28-30-32-34-36-38-44(48)46-42(41-52-53(49,50)51-40-39-45)43(47)37-35-33-31-29-27-25-23-18-16-14-12-10-8-6-4-2/h35,37,42-43,47H,3-34,36,38-41,45H2,1-2H3,(H,46,48)(H,49,50)/b37-35+. The lowest BCUT2D eigenvalue weighted by Gasteiger charge is -2.23. The molecule has 53 heavy (non-hydrogen) atoms. The molecule has 0 rings (SSSR count). The molecule has 0 aromatic carbocycles. The Bertz CT molecular complexity index is 845. The summed E-state index contributed by atoms with van der Waals surface area (Å²) in [5.41, 5.74) is 5.38. The summed E-state index contributed by atoms with van der Waals surface area (Å²) in [5.74, 6) is -0.190. The summed E-state index contributed by atoms with van der Waals surface area (Å²) in [6, 6.07) is -0.854. The van der Waals surface area contributed by atoms with Crippen LogP contribution >= 0.6 is 7.82 Å². The highest BCUT2D eigenvalue weighted by molar-refractivity contribution is 7.47. The average molecular weight is 773 g/mol. The number of phosphoric ester groups is 1. The summed E-state index contributed by atoms with van der Waals surface area (Å²) in [7, 11) is -4.33. The molecule has 3 unspecified atom stereocenters. The van der Waals surface area contributed by atoms with E-state index in [1.165, 1.54) is 173 Å². The van der Waals surface area contributed by atoms with Gasteiger partial charge >= 0.3 is 7.82 Å². The molecule has 0 aliphatic rings. The van der Waals surface area contributed by atoms with Crippen molar-refractivity contribution in [3.63, 3.8) is 0 Å². The number of nitrogens with one attached hydrogen (secondary N) is 1. The van der Waals surface area contributed by atoms with Crippen LogP contribution < -0.4 is 11.1 Å². The van der Waals surface area contributed by atoms with Crippen molar-refractivity contribution in [3.8, 4) is 0 Å². The van der Waals surface area contributed by atoms with E-state index in [0.717, 1.165) is 38.5 Å². The van der Waals surface area contributed by atoms with E-state index in [1.807, 2.05) is 6.08 Å². The number of nitrogens with two attached hydrogens (primary N) is 1. The van der Waals surface area contributed by atoms with Crippen LogP contribution in [0.3, 0.4) is 0 Å². The molecule has 0 heterocycles. The van der Waals surface area contributed by atoms with Crippen LogP contribution in [0.1, 0.15) is 232 Å². The van der Waals surface area contributed by atoms with Gasteiger partial charge in [0.15, 0.2) is 0 Å². The zero-order chi connectivity index (χ0) is 38.9. The second kappa shape index (κ2) is 40.9. The Morgan fingerprint density at radius 3 is 1.34 bits per heavy atom. The first kappa shape index (κ1) is 52.2. The molecular formula is C44H89N2O6P. The number of phosphoric acid groups is 1. The van der Waals surface area contributed by atoms with Crippen molar-refractivity contribution in [3.05, 3.63) is 12.2 Å². The Labute approximate surface area is 328 Å². The van der Waals surface area contributed by atoms with Crippen molar-refractivity contribution in [2.45, 2.75) is 244 Å². The van der Waals surface area contributed by atoms with Gasteiger partial charge in [-0.25, -0.2) is 4.57 Å². The number of hydrogen-bond acceptors (Lipinski definition) is 6. The van der Waals surface area contributed by atoms with Crippen LogP contribution in [0.15, 0.2) is 12.2 Å². The van der Waals surface area contributed by atoms with Crippen LogP contribution in [-0.4, -0.2) is 47.8 Å². The quantitative estimate of drug-likeness (QED) is 0.0276. The molecule has 0 bridgehead atoms. The van der Waals surface area contributed by atoms with Gasteiger partial charge in [-0.1, -0.05) is 219 Å². The highest BCUT2D eigenvalue weighted by atomic mass is 31.2. The van der Waals surface area contributed by atoms with Gasteiger partial charge < -0.3 is 21.1 Å². The first-order valence-electron chi connectivity index (χ1n) is 22.8. The molecule has 0 fully saturated rings. The van der Waals surface area contributed by atoms with E-state index in [4.69, 9.17) is 14.8 Å². The third-order valence-corrected chi connectivity index (χ3v) is 11.3. The smallest absolute Gasteiger partial charge is 0.387 e. The van der Waals surface area contributed by atoms with Crippen molar-refractivity contribution < 1.29 is 28.4 Å². The second-order valence-electron chi connectivity index (χ2n) is 15.6. The fraction of sp³-hybridized carbons (Fsp3) is 0.932. The van der Waals surface area contributed by atoms with Gasteiger partial charge in [-0.15, -0.1) is 0 Å². The van der Waals surface area contributed by atoms with Crippen molar-refractivity contribution in [1.82, 2.24) is 5.32 Å². The van der Waals surface area contributed by atoms with Crippen LogP contribution in [0.25, 0.3) is 0 Å². The molecule has 0 aromatic heterocycles. The molecule has 0 spiro atoms. The van der Waals surface area contributed by atoms with E-state index in [0.29, 0.717) is 6.42 Å². The number of aliphatic hydroxyl groups excluding tert-OH is 1. The highest BCUT2D eigenvalue weighted by Crippen LogP contribution is 2.43. The monoisotopic (exact) mass is 773 g/mol. The van der Waals surface area contributed by atoms with Crippen LogP contribution in [0.2, 0.25) is 0 Å². The molecule has 0 radical (unpaired) electrons. The number of rotatable bonds is 43. The third kappa shape index (κ3) is 39.3. The van der Waals surface area contributed by atoms with Crippen LogP contribution in [0, 0.1) is 0 Å². The van der Waals surface area contributed by atoms with Gasteiger partial charge in [0.05, 0.1) is 25.4 Å². The van der Waals surface area contributed by atoms with Crippen molar-refractivity contribution >= 4 is 13.7 Å². The molecule has 1 amide bonds. The molecular weight excluding hydrogens is 683 g/mol. The van der Waals surface area contributed by atoms with Gasteiger partial charge in [0.25, 0.3) is 0 Å². The lowest BCUT2D eigenvalue weighted by atomic mass is 10.0. The van der Waals surface area contributed by atoms with Crippen LogP contribution in [0.4, 0.5) is 0 Å². The molecule has 0 aliphatic carbocycles. The topological polar surface area (TPSA) is 131 Å². The number of unbranched alkanes of at least 4 members (excludes halogenated alkanes) is 31. The number of carbonyl (C=O) groups excluding carboxylic acids is 1. The molecule has 5 N–H and O–H groups in total. The maximum atomic E-state index is 12.8. The summed E-state index contributed by atoms with van der Waals surface area (Å²) in [4.78, 5) is 22.7. The lowest BCUT2D eigenvalue weighted by Crippen LogP contribution is -2.45. The van der Waals surface area contributed by atoms with Gasteiger partial charge in [-0.05, 0) is 19.3 Å². The minimum absolute atomic E-state index is 0.0814. The first-order chi connectivity index (χ1) is 25.9. The van der Waals surface area contributed by atoms with Crippen LogP contribution in [-0.2, 0) is 18.4 Å². The maximum Gasteiger partial charge on any atom is 0.472 e. The van der Waals surface area contributed by atoms with Crippen molar-refractivity contribution in [2.24, 2.45) is 5.73 Å². The Morgan fingerprint density at radius 1 is 0.604 bits per heavy atom. The van der Waals surface area contributed by atoms with E-state index in [9.17, 15) is 19.4 Å². The summed E-state index contributed by atoms with van der Waals surface area (Å²) in [6.45, 7) is 4.16. The molecule has 9 heteroatoms. The van der Waals surface area contributed by atoms with Crippen LogP contribution in [0.5, 0.6) is 0 Å². The number of allylic oxidation sites excluding steroid dienone is 1. The fourth-order valence-corrected chi connectivity index (χ4v) is 7.66. The molecule has 0 saturated heterocycles. The van der Waals surface area contributed by atoms with E-state index in [1.54, 1.807) is 6.08 Å². The number of carbonyl (C=O) groups is 1. The van der Waals surface area contributed by atoms with Gasteiger partial charge in [0, 0.05) is 13.0 Å². The van der Waals surface area contributed by atoms with Gasteiger partial charge in [-0.3, -0.25) is 13.8 Å². The third-order valence-electron chi connectivity index (χ3n) is 10.4. The summed E-state index contributed by atoms with van der Waals surface area (Å²) in [5, 5.41) is 13.7. The van der Waals surface area contributed by atoms with E-state index >= 15 is 0 Å². The minimum Gasteiger partial charge on any atom is -0.387 e. The number of hydrogen-bond donors (Lipinski definition) is 4. The van der Waals surface area contributed by atoms with E-state index in [-0.39, 0.29) is 25.7 Å². The number of aliphatic hydroxyl groups is 1. The largest absolute Gasteiger partial charge is 0.472 e. The molecule has 0 aromatic rings. The Kier molecular flexibility index (Phi) is 40.3. The molecule has 3 atom stereocenters. The Balaban J connectivity index is 4.13. The van der Waals surface area contributed by atoms with Crippen molar-refractivity contribution in [1.29, 1.82) is 0 Å². The Hall–Kier alpha value is -0.760. The van der Waals surface area contributed by atoms with Gasteiger partial charge in [0.2, 0.25) is 5.91 Å². The predicted molar refractivity (Wildman–Crippen MR) is 226 cm³/mol. The average Bonchev–Trinajstić information content (AvgIpc) is 3.14. The molecule has 8 nitrogen and oxygen atoms in total. The minimum atomic E-state index is -4.33. The van der Waals surface area contributed by atoms with Crippen molar-refractivity contribution in [2.75, 3.05) is 19.8 Å². The fourth-order valence-electron chi connectivity index (χ4n) is 6.90. The van der Waals surface area contributed by atoms with Gasteiger partial charge in [-0.2, -0.15) is 0 Å². The van der Waals surface area contributed by atoms with E-state index < -0.39 is 20.0 Å². The highest BCUT2D eigenvalue weighted by Gasteiger charge is 2.26. The normalized spacial score (nSPS) is 14.1. The van der Waals surface area contributed by atoms with E-state index in [2.05, 4.69) is 19.2 Å². The first-order valence-corrected chi connectivity index (χ1v) is 24.3. The summed E-state index contributed by atoms with van der Waals surface area (Å²) < 4.78 is 22.1. The zero-order valence-electron chi connectivity index (χ0n) is 35.0. The van der Waals surface area contributed by atoms with Gasteiger partial charge in [0.1, 0.15) is 0 Å². The summed E-state index contributed by atoms with van der Waals surface area (Å²) >= 11 is 0. The predicted octanol–water partition coefficient (Wildman–Crippen LogP) is 12.8. The lowest BCUT2D eigenvalue weighted by molar-refractivity contribution is -0.123. The maximum absolute atomic E-state index is 12.8. The molecule has 316 valence electrons. The Morgan fingerprint density at radius 2 is 0.962 bits per heavy atom. The SMILES string of the molecule is CCCCCCCCCCCCCCC/C=C/C(O)C(COP(=O)(O)OCCN)NC(=O)CCCCCCCCCCCCCCCCCCCCC. The second-order valence-corrected chi connectivity index (χ2v) is 17.1. The zero-order valence-corrected chi connectivity index (χ0v) is 35.9. The molecule has 0 aliphatic heterocycles. The molecule has 0 saturated carbocycles.